The number of benzene rings is 2. The molecule has 6 aliphatic rings. The molecule has 186 valence electrons. The molecule has 2 aromatic carbocycles. The van der Waals surface area contributed by atoms with Crippen LogP contribution in [-0.4, -0.2) is 58.3 Å². The lowest BCUT2D eigenvalue weighted by atomic mass is 9.63. The molecule has 2 saturated carbocycles. The lowest BCUT2D eigenvalue weighted by Gasteiger charge is -2.53. The Bertz CT molecular complexity index is 1240. The molecule has 0 spiro atoms. The fraction of sp³-hybridized carbons (Fsp3) is 0.483. The monoisotopic (exact) mass is 485 g/mol. The second-order valence-electron chi connectivity index (χ2n) is 11.2. The molecule has 3 atom stereocenters. The van der Waals surface area contributed by atoms with Crippen molar-refractivity contribution in [3.8, 4) is 5.75 Å². The van der Waals surface area contributed by atoms with E-state index in [9.17, 15) is 14.4 Å². The van der Waals surface area contributed by atoms with Gasteiger partial charge in [-0.1, -0.05) is 30.3 Å². The van der Waals surface area contributed by atoms with E-state index in [1.165, 1.54) is 12.0 Å². The molecule has 0 radical (unpaired) electrons. The van der Waals surface area contributed by atoms with Crippen LogP contribution >= 0.6 is 0 Å². The molecule has 0 unspecified atom stereocenters. The second-order valence-corrected chi connectivity index (χ2v) is 11.2. The van der Waals surface area contributed by atoms with Gasteiger partial charge in [0.05, 0.1) is 0 Å². The van der Waals surface area contributed by atoms with Gasteiger partial charge < -0.3 is 9.64 Å². The summed E-state index contributed by atoms with van der Waals surface area (Å²) in [6, 6.07) is 17.0. The molecular formula is C29H31N3O4. The molecule has 5 fully saturated rings. The van der Waals surface area contributed by atoms with Gasteiger partial charge in [0, 0.05) is 30.6 Å². The predicted molar refractivity (Wildman–Crippen MR) is 132 cm³/mol. The summed E-state index contributed by atoms with van der Waals surface area (Å²) in [5.41, 5.74) is 2.09. The number of nitrogens with one attached hydrogen (secondary N) is 1. The molecule has 0 aromatic heterocycles. The third-order valence-electron chi connectivity index (χ3n) is 9.26. The number of hydrogen-bond donors (Lipinski definition) is 1. The lowest BCUT2D eigenvalue weighted by molar-refractivity contribution is -0.160. The van der Waals surface area contributed by atoms with E-state index < -0.39 is 5.54 Å². The van der Waals surface area contributed by atoms with Crippen LogP contribution in [0.3, 0.4) is 0 Å². The number of piperidine rings is 2. The van der Waals surface area contributed by atoms with Gasteiger partial charge in [0.2, 0.25) is 5.91 Å². The van der Waals surface area contributed by atoms with Crippen LogP contribution in [0.15, 0.2) is 48.5 Å². The number of ether oxygens (including phenoxy) is 1. The Hall–Kier alpha value is -3.19. The molecule has 2 aromatic rings. The van der Waals surface area contributed by atoms with E-state index in [-0.39, 0.29) is 29.7 Å². The molecule has 7 heteroatoms. The number of likely N-dealkylation sites (tertiary alicyclic amines) is 1. The molecule has 4 aliphatic heterocycles. The summed E-state index contributed by atoms with van der Waals surface area (Å²) in [7, 11) is 0. The van der Waals surface area contributed by atoms with Crippen molar-refractivity contribution in [1.29, 1.82) is 0 Å². The topological polar surface area (TPSA) is 79.0 Å². The number of nitrogens with zero attached hydrogens (tertiary/aromatic N) is 2. The lowest BCUT2D eigenvalue weighted by Crippen LogP contribution is -2.73. The Morgan fingerprint density at radius 2 is 1.78 bits per heavy atom. The maximum Gasteiger partial charge on any atom is 0.255 e. The van der Waals surface area contributed by atoms with Gasteiger partial charge in [0.15, 0.2) is 0 Å². The number of hydrogen-bond acceptors (Lipinski definition) is 5. The highest BCUT2D eigenvalue weighted by Gasteiger charge is 2.63. The molecule has 36 heavy (non-hydrogen) atoms. The van der Waals surface area contributed by atoms with Gasteiger partial charge in [-0.25, -0.2) is 0 Å². The van der Waals surface area contributed by atoms with Crippen molar-refractivity contribution < 1.29 is 19.1 Å². The van der Waals surface area contributed by atoms with Gasteiger partial charge in [0.1, 0.15) is 17.4 Å². The van der Waals surface area contributed by atoms with E-state index in [1.54, 1.807) is 4.90 Å². The molecule has 2 aliphatic carbocycles. The van der Waals surface area contributed by atoms with E-state index in [0.29, 0.717) is 36.9 Å². The highest BCUT2D eigenvalue weighted by Crippen LogP contribution is 2.49. The average molecular weight is 486 g/mol. The maximum atomic E-state index is 13.2. The molecule has 3 saturated heterocycles. The van der Waals surface area contributed by atoms with Crippen LogP contribution in [0.4, 0.5) is 0 Å². The summed E-state index contributed by atoms with van der Waals surface area (Å²) in [6.45, 7) is 2.57. The van der Waals surface area contributed by atoms with Gasteiger partial charge in [0.25, 0.3) is 11.8 Å². The van der Waals surface area contributed by atoms with Crippen molar-refractivity contribution in [2.75, 3.05) is 13.1 Å². The molecular weight excluding hydrogens is 454 g/mol. The van der Waals surface area contributed by atoms with Crippen molar-refractivity contribution in [3.05, 3.63) is 65.2 Å². The number of amides is 3. The van der Waals surface area contributed by atoms with Crippen molar-refractivity contribution in [2.45, 2.75) is 68.7 Å². The van der Waals surface area contributed by atoms with Crippen LogP contribution in [0, 0.1) is 5.92 Å². The van der Waals surface area contributed by atoms with Gasteiger partial charge in [-0.3, -0.25) is 24.6 Å². The smallest absolute Gasteiger partial charge is 0.255 e. The van der Waals surface area contributed by atoms with Gasteiger partial charge >= 0.3 is 0 Å². The van der Waals surface area contributed by atoms with Crippen molar-refractivity contribution in [2.24, 2.45) is 5.92 Å². The van der Waals surface area contributed by atoms with Crippen molar-refractivity contribution in [1.82, 2.24) is 15.1 Å². The quantitative estimate of drug-likeness (QED) is 0.658. The first-order valence-electron chi connectivity index (χ1n) is 13.3. The van der Waals surface area contributed by atoms with Gasteiger partial charge in [-0.2, -0.15) is 0 Å². The zero-order chi connectivity index (χ0) is 24.4. The fourth-order valence-corrected chi connectivity index (χ4v) is 7.24. The largest absolute Gasteiger partial charge is 0.489 e. The number of fused-ring (bicyclic) bond motifs is 3. The minimum atomic E-state index is -0.878. The Morgan fingerprint density at radius 1 is 0.944 bits per heavy atom. The Kier molecular flexibility index (Phi) is 5.00. The zero-order valence-corrected chi connectivity index (χ0v) is 20.3. The van der Waals surface area contributed by atoms with E-state index in [1.807, 2.05) is 18.2 Å². The average Bonchev–Trinajstić information content (AvgIpc) is 3.58. The normalized spacial score (nSPS) is 33.4. The third kappa shape index (κ3) is 3.32. The van der Waals surface area contributed by atoms with E-state index in [0.717, 1.165) is 43.7 Å². The van der Waals surface area contributed by atoms with Crippen molar-refractivity contribution >= 4 is 17.7 Å². The summed E-state index contributed by atoms with van der Waals surface area (Å²) in [6.07, 6.45) is 5.56. The van der Waals surface area contributed by atoms with Gasteiger partial charge in [-0.05, 0) is 80.3 Å². The highest BCUT2D eigenvalue weighted by molar-refractivity contribution is 6.10. The summed E-state index contributed by atoms with van der Waals surface area (Å²) in [5, 5.41) is 2.45. The van der Waals surface area contributed by atoms with Crippen LogP contribution in [0.5, 0.6) is 5.75 Å². The molecule has 4 heterocycles. The van der Waals surface area contributed by atoms with Crippen LogP contribution < -0.4 is 10.1 Å². The number of rotatable bonds is 5. The van der Waals surface area contributed by atoms with Crippen LogP contribution in [0.25, 0.3) is 0 Å². The first-order chi connectivity index (χ1) is 17.5. The van der Waals surface area contributed by atoms with E-state index in [2.05, 4.69) is 40.5 Å². The first kappa shape index (κ1) is 22.0. The van der Waals surface area contributed by atoms with E-state index >= 15 is 0 Å². The van der Waals surface area contributed by atoms with E-state index in [4.69, 9.17) is 4.74 Å². The molecule has 8 rings (SSSR count). The van der Waals surface area contributed by atoms with Crippen LogP contribution in [0.1, 0.15) is 65.9 Å². The molecule has 3 amide bonds. The number of imide groups is 1. The Labute approximate surface area is 210 Å². The minimum absolute atomic E-state index is 0.123. The molecule has 7 nitrogen and oxygen atoms in total. The summed E-state index contributed by atoms with van der Waals surface area (Å²) in [4.78, 5) is 42.0. The first-order valence-corrected chi connectivity index (χ1v) is 13.3. The SMILES string of the molecule is O=C1NC(=O)C2(N3Cc4cc(O[C@H]5CCC[C@H]5N5CC[C@H](c6ccccc6)C5)ccc4C3=O)CC1C2. The van der Waals surface area contributed by atoms with Crippen molar-refractivity contribution in [3.63, 3.8) is 0 Å². The molecule has 1 N–H and O–H groups in total. The number of carbonyl (C=O) groups excluding carboxylic acids is 3. The minimum Gasteiger partial charge on any atom is -0.489 e. The second kappa shape index (κ2) is 8.17. The summed E-state index contributed by atoms with van der Waals surface area (Å²) < 4.78 is 6.56. The Morgan fingerprint density at radius 3 is 2.58 bits per heavy atom. The van der Waals surface area contributed by atoms with Crippen LogP contribution in [0.2, 0.25) is 0 Å². The predicted octanol–water partition coefficient (Wildman–Crippen LogP) is 3.24. The standard InChI is InChI=1S/C29H31N3O4/c33-26-21-14-29(15-21,28(35)30-26)32-17-20-13-22(9-10-23(20)27(32)34)36-25-8-4-7-24(25)31-12-11-19(16-31)18-5-2-1-3-6-18/h1-3,5-6,9-10,13,19,21,24-25H,4,7-8,11-12,14-17H2,(H,30,33,35)/t19-,21?,24+,25-,29?/m0/s1. The third-order valence-corrected chi connectivity index (χ3v) is 9.26. The number of carbonyl (C=O) groups is 3. The molecule has 2 bridgehead atoms. The maximum absolute atomic E-state index is 13.2. The van der Waals surface area contributed by atoms with Gasteiger partial charge in [-0.15, -0.1) is 0 Å². The Balaban J connectivity index is 1.04. The summed E-state index contributed by atoms with van der Waals surface area (Å²) >= 11 is 0. The zero-order valence-electron chi connectivity index (χ0n) is 20.3. The summed E-state index contributed by atoms with van der Waals surface area (Å²) in [5.74, 6) is 0.557. The highest BCUT2D eigenvalue weighted by atomic mass is 16.5. The van der Waals surface area contributed by atoms with Crippen LogP contribution in [-0.2, 0) is 16.1 Å². The fourth-order valence-electron chi connectivity index (χ4n) is 7.24.